The molecule has 0 saturated heterocycles. The summed E-state index contributed by atoms with van der Waals surface area (Å²) in [5.74, 6) is 0.941. The van der Waals surface area contributed by atoms with Gasteiger partial charge in [0.2, 0.25) is 11.9 Å². The van der Waals surface area contributed by atoms with Gasteiger partial charge in [0, 0.05) is 18.8 Å². The second kappa shape index (κ2) is 4.52. The Hall–Kier alpha value is -2.24. The first-order valence-corrected chi connectivity index (χ1v) is 4.89. The molecule has 2 rings (SSSR count). The SMILES string of the molecule is Nc1nc(N)nc(CCc2ccncc2)n1. The van der Waals surface area contributed by atoms with Crippen LogP contribution in [0, 0.1) is 0 Å². The Balaban J connectivity index is 2.05. The van der Waals surface area contributed by atoms with Crippen LogP contribution in [-0.2, 0) is 12.8 Å². The lowest BCUT2D eigenvalue weighted by atomic mass is 10.1. The van der Waals surface area contributed by atoms with Crippen LogP contribution in [0.25, 0.3) is 0 Å². The summed E-state index contributed by atoms with van der Waals surface area (Å²) in [5.41, 5.74) is 12.1. The minimum Gasteiger partial charge on any atom is -0.368 e. The molecule has 2 aromatic rings. The second-order valence-electron chi connectivity index (χ2n) is 3.32. The van der Waals surface area contributed by atoms with Crippen LogP contribution in [-0.4, -0.2) is 19.9 Å². The van der Waals surface area contributed by atoms with E-state index in [0.29, 0.717) is 12.2 Å². The summed E-state index contributed by atoms with van der Waals surface area (Å²) in [6.45, 7) is 0. The first-order chi connectivity index (χ1) is 7.74. The Morgan fingerprint density at radius 3 is 2.12 bits per heavy atom. The molecule has 0 aliphatic heterocycles. The first kappa shape index (κ1) is 10.3. The Morgan fingerprint density at radius 1 is 0.875 bits per heavy atom. The predicted octanol–water partition coefficient (Wildman–Crippen LogP) is 0.216. The van der Waals surface area contributed by atoms with E-state index >= 15 is 0 Å². The normalized spacial score (nSPS) is 10.2. The van der Waals surface area contributed by atoms with Gasteiger partial charge in [-0.1, -0.05) is 0 Å². The van der Waals surface area contributed by atoms with E-state index in [9.17, 15) is 0 Å². The van der Waals surface area contributed by atoms with Gasteiger partial charge in [-0.3, -0.25) is 4.98 Å². The molecular formula is C10H12N6. The molecule has 0 amide bonds. The average molecular weight is 216 g/mol. The van der Waals surface area contributed by atoms with Gasteiger partial charge in [-0.15, -0.1) is 0 Å². The van der Waals surface area contributed by atoms with Gasteiger partial charge in [-0.05, 0) is 24.1 Å². The molecule has 0 atom stereocenters. The number of hydrogen-bond acceptors (Lipinski definition) is 6. The fourth-order valence-electron chi connectivity index (χ4n) is 1.37. The molecule has 0 bridgehead atoms. The highest BCUT2D eigenvalue weighted by Gasteiger charge is 2.02. The zero-order valence-electron chi connectivity index (χ0n) is 8.67. The molecular weight excluding hydrogens is 204 g/mol. The largest absolute Gasteiger partial charge is 0.368 e. The molecule has 4 N–H and O–H groups in total. The summed E-state index contributed by atoms with van der Waals surface area (Å²) >= 11 is 0. The van der Waals surface area contributed by atoms with Crippen molar-refractivity contribution in [2.24, 2.45) is 0 Å². The third-order valence-corrected chi connectivity index (χ3v) is 2.10. The van der Waals surface area contributed by atoms with Crippen molar-refractivity contribution in [3.8, 4) is 0 Å². The quantitative estimate of drug-likeness (QED) is 0.760. The van der Waals surface area contributed by atoms with Crippen LogP contribution in [0.15, 0.2) is 24.5 Å². The minimum atomic E-state index is 0.164. The molecule has 6 heteroatoms. The fourth-order valence-corrected chi connectivity index (χ4v) is 1.37. The van der Waals surface area contributed by atoms with Gasteiger partial charge in [0.15, 0.2) is 0 Å². The number of anilines is 2. The maximum absolute atomic E-state index is 5.48. The number of hydrogen-bond donors (Lipinski definition) is 2. The molecule has 0 spiro atoms. The molecule has 16 heavy (non-hydrogen) atoms. The molecule has 0 unspecified atom stereocenters. The van der Waals surface area contributed by atoms with Crippen molar-refractivity contribution in [3.05, 3.63) is 35.9 Å². The van der Waals surface area contributed by atoms with E-state index in [0.717, 1.165) is 6.42 Å². The Morgan fingerprint density at radius 2 is 1.50 bits per heavy atom. The van der Waals surface area contributed by atoms with Crippen molar-refractivity contribution >= 4 is 11.9 Å². The van der Waals surface area contributed by atoms with Crippen LogP contribution >= 0.6 is 0 Å². The number of nitrogens with zero attached hydrogens (tertiary/aromatic N) is 4. The molecule has 0 aromatic carbocycles. The standard InChI is InChI=1S/C10H12N6/c11-9-14-8(15-10(12)16-9)2-1-7-3-5-13-6-4-7/h3-6H,1-2H2,(H4,11,12,14,15,16). The maximum Gasteiger partial charge on any atom is 0.225 e. The topological polar surface area (TPSA) is 104 Å². The van der Waals surface area contributed by atoms with Crippen molar-refractivity contribution < 1.29 is 0 Å². The first-order valence-electron chi connectivity index (χ1n) is 4.89. The fraction of sp³-hybridized carbons (Fsp3) is 0.200. The van der Waals surface area contributed by atoms with Crippen LogP contribution in [0.1, 0.15) is 11.4 Å². The van der Waals surface area contributed by atoms with Crippen molar-refractivity contribution in [2.75, 3.05) is 11.5 Å². The lowest BCUT2D eigenvalue weighted by molar-refractivity contribution is 0.846. The molecule has 82 valence electrons. The van der Waals surface area contributed by atoms with E-state index in [-0.39, 0.29) is 11.9 Å². The summed E-state index contributed by atoms with van der Waals surface area (Å²) in [5, 5.41) is 0. The average Bonchev–Trinajstić information content (AvgIpc) is 2.27. The lowest BCUT2D eigenvalue weighted by Crippen LogP contribution is -2.07. The zero-order valence-corrected chi connectivity index (χ0v) is 8.67. The molecule has 0 fully saturated rings. The minimum absolute atomic E-state index is 0.164. The van der Waals surface area contributed by atoms with Gasteiger partial charge in [0.05, 0.1) is 0 Å². The van der Waals surface area contributed by atoms with E-state index in [1.165, 1.54) is 5.56 Å². The summed E-state index contributed by atoms with van der Waals surface area (Å²) in [6.07, 6.45) is 5.02. The lowest BCUT2D eigenvalue weighted by Gasteiger charge is -2.02. The van der Waals surface area contributed by atoms with Gasteiger partial charge in [0.25, 0.3) is 0 Å². The van der Waals surface area contributed by atoms with E-state index in [1.54, 1.807) is 12.4 Å². The van der Waals surface area contributed by atoms with Gasteiger partial charge in [-0.2, -0.15) is 15.0 Å². The third-order valence-electron chi connectivity index (χ3n) is 2.10. The smallest absolute Gasteiger partial charge is 0.225 e. The molecule has 0 saturated carbocycles. The molecule has 0 radical (unpaired) electrons. The van der Waals surface area contributed by atoms with Gasteiger partial charge >= 0.3 is 0 Å². The van der Waals surface area contributed by atoms with Crippen molar-refractivity contribution in [1.82, 2.24) is 19.9 Å². The third kappa shape index (κ3) is 2.63. The maximum atomic E-state index is 5.48. The van der Waals surface area contributed by atoms with Crippen LogP contribution < -0.4 is 11.5 Å². The van der Waals surface area contributed by atoms with E-state index < -0.39 is 0 Å². The molecule has 2 aromatic heterocycles. The summed E-state index contributed by atoms with van der Waals surface area (Å²) in [6, 6.07) is 3.90. The molecule has 0 aliphatic carbocycles. The zero-order chi connectivity index (χ0) is 11.4. The number of aryl methyl sites for hydroxylation is 2. The van der Waals surface area contributed by atoms with E-state index in [2.05, 4.69) is 19.9 Å². The number of pyridine rings is 1. The summed E-state index contributed by atoms with van der Waals surface area (Å²) in [4.78, 5) is 15.7. The predicted molar refractivity (Wildman–Crippen MR) is 60.3 cm³/mol. The van der Waals surface area contributed by atoms with E-state index in [4.69, 9.17) is 11.5 Å². The number of rotatable bonds is 3. The van der Waals surface area contributed by atoms with E-state index in [1.807, 2.05) is 12.1 Å². The van der Waals surface area contributed by atoms with Crippen molar-refractivity contribution in [2.45, 2.75) is 12.8 Å². The van der Waals surface area contributed by atoms with Gasteiger partial charge < -0.3 is 11.5 Å². The second-order valence-corrected chi connectivity index (χ2v) is 3.32. The Bertz CT molecular complexity index is 450. The summed E-state index contributed by atoms with van der Waals surface area (Å²) < 4.78 is 0. The highest BCUT2D eigenvalue weighted by Crippen LogP contribution is 2.04. The monoisotopic (exact) mass is 216 g/mol. The van der Waals surface area contributed by atoms with Crippen molar-refractivity contribution in [3.63, 3.8) is 0 Å². The van der Waals surface area contributed by atoms with Crippen LogP contribution in [0.3, 0.4) is 0 Å². The highest BCUT2D eigenvalue weighted by atomic mass is 15.1. The van der Waals surface area contributed by atoms with Gasteiger partial charge in [0.1, 0.15) is 5.82 Å². The number of nitrogens with two attached hydrogens (primary N) is 2. The number of nitrogen functional groups attached to an aromatic ring is 2. The van der Waals surface area contributed by atoms with Crippen LogP contribution in [0.2, 0.25) is 0 Å². The Kier molecular flexibility index (Phi) is 2.90. The van der Waals surface area contributed by atoms with Crippen LogP contribution in [0.5, 0.6) is 0 Å². The molecule has 6 nitrogen and oxygen atoms in total. The summed E-state index contributed by atoms with van der Waals surface area (Å²) in [7, 11) is 0. The molecule has 0 aliphatic rings. The van der Waals surface area contributed by atoms with Crippen molar-refractivity contribution in [1.29, 1.82) is 0 Å². The molecule has 2 heterocycles. The number of aromatic nitrogens is 4. The highest BCUT2D eigenvalue weighted by molar-refractivity contribution is 5.26. The van der Waals surface area contributed by atoms with Crippen LogP contribution in [0.4, 0.5) is 11.9 Å². The Labute approximate surface area is 92.8 Å². The van der Waals surface area contributed by atoms with Gasteiger partial charge in [-0.25, -0.2) is 0 Å².